The number of thioether (sulfide) groups is 1. The number of pyridine rings is 1. The van der Waals surface area contributed by atoms with Crippen molar-refractivity contribution in [3.05, 3.63) is 28.0 Å². The molecule has 2 unspecified atom stereocenters. The lowest BCUT2D eigenvalue weighted by Crippen LogP contribution is -2.45. The van der Waals surface area contributed by atoms with Crippen molar-refractivity contribution in [2.24, 2.45) is 0 Å². The lowest BCUT2D eigenvalue weighted by atomic mass is 10.2. The van der Waals surface area contributed by atoms with E-state index in [-0.39, 0.29) is 27.0 Å². The molecule has 1 aliphatic rings. The molecular weight excluding hydrogens is 335 g/mol. The van der Waals surface area contributed by atoms with E-state index >= 15 is 0 Å². The van der Waals surface area contributed by atoms with Crippen LogP contribution in [0.1, 0.15) is 30.1 Å². The zero-order valence-electron chi connectivity index (χ0n) is 11.3. The maximum Gasteiger partial charge on any atom is 0.327 e. The quantitative estimate of drug-likeness (QED) is 0.846. The molecule has 114 valence electrons. The van der Waals surface area contributed by atoms with Gasteiger partial charge < -0.3 is 10.0 Å². The van der Waals surface area contributed by atoms with Crippen molar-refractivity contribution >= 4 is 46.8 Å². The number of carbonyl (C=O) groups excluding carboxylic acids is 1. The Balaban J connectivity index is 2.31. The summed E-state index contributed by atoms with van der Waals surface area (Å²) in [6.45, 7) is 2.00. The molecule has 0 bridgehead atoms. The van der Waals surface area contributed by atoms with Gasteiger partial charge in [-0.1, -0.05) is 36.5 Å². The number of halogens is 2. The van der Waals surface area contributed by atoms with Gasteiger partial charge in [0.2, 0.25) is 0 Å². The van der Waals surface area contributed by atoms with Gasteiger partial charge >= 0.3 is 5.97 Å². The molecule has 8 heteroatoms. The van der Waals surface area contributed by atoms with E-state index in [2.05, 4.69) is 4.98 Å². The van der Waals surface area contributed by atoms with Crippen molar-refractivity contribution in [3.8, 4) is 0 Å². The molecule has 0 aliphatic carbocycles. The predicted octanol–water partition coefficient (Wildman–Crippen LogP) is 3.16. The molecule has 1 aromatic heterocycles. The Bertz CT molecular complexity index is 570. The van der Waals surface area contributed by atoms with Crippen LogP contribution in [-0.2, 0) is 4.79 Å². The van der Waals surface area contributed by atoms with Crippen LogP contribution in [0.5, 0.6) is 0 Å². The minimum Gasteiger partial charge on any atom is -0.480 e. The van der Waals surface area contributed by atoms with Gasteiger partial charge in [-0.3, -0.25) is 4.79 Å². The highest BCUT2D eigenvalue weighted by atomic mass is 35.5. The Morgan fingerprint density at radius 1 is 1.52 bits per heavy atom. The van der Waals surface area contributed by atoms with Crippen molar-refractivity contribution in [2.75, 3.05) is 5.75 Å². The van der Waals surface area contributed by atoms with E-state index < -0.39 is 12.0 Å². The summed E-state index contributed by atoms with van der Waals surface area (Å²) >= 11 is 13.1. The summed E-state index contributed by atoms with van der Waals surface area (Å²) in [5, 5.41) is 9.44. The standard InChI is InChI=1S/C13H14Cl2N2O3S/c1-2-3-10-17(9(6-21-10)13(19)20)12(18)7-4-8(14)11(15)16-5-7/h4-5,9-10H,2-3,6H2,1H3,(H,19,20). The number of amides is 1. The number of nitrogens with zero attached hydrogens (tertiary/aromatic N) is 2. The number of hydrogen-bond donors (Lipinski definition) is 1. The van der Waals surface area contributed by atoms with Gasteiger partial charge in [0, 0.05) is 11.9 Å². The fraction of sp³-hybridized carbons (Fsp3) is 0.462. The van der Waals surface area contributed by atoms with Crippen molar-refractivity contribution < 1.29 is 14.7 Å². The molecule has 1 aromatic rings. The second-order valence-corrected chi connectivity index (χ2v) is 6.62. The molecule has 2 atom stereocenters. The first-order chi connectivity index (χ1) is 9.95. The summed E-state index contributed by atoms with van der Waals surface area (Å²) in [5.74, 6) is -0.986. The van der Waals surface area contributed by atoms with Crippen molar-refractivity contribution in [3.63, 3.8) is 0 Å². The molecular formula is C13H14Cl2N2O3S. The highest BCUT2D eigenvalue weighted by Crippen LogP contribution is 2.34. The monoisotopic (exact) mass is 348 g/mol. The molecule has 2 heterocycles. The summed E-state index contributed by atoms with van der Waals surface area (Å²) < 4.78 is 0. The van der Waals surface area contributed by atoms with Crippen LogP contribution < -0.4 is 0 Å². The maximum atomic E-state index is 12.6. The molecule has 1 saturated heterocycles. The van der Waals surface area contributed by atoms with E-state index in [0.29, 0.717) is 5.75 Å². The summed E-state index contributed by atoms with van der Waals surface area (Å²) in [7, 11) is 0. The molecule has 5 nitrogen and oxygen atoms in total. The fourth-order valence-corrected chi connectivity index (χ4v) is 3.97. The van der Waals surface area contributed by atoms with E-state index in [9.17, 15) is 14.7 Å². The number of carboxylic acids is 1. The minimum absolute atomic E-state index is 0.115. The van der Waals surface area contributed by atoms with E-state index in [1.54, 1.807) is 0 Å². The molecule has 1 aliphatic heterocycles. The van der Waals surface area contributed by atoms with Gasteiger partial charge in [-0.05, 0) is 12.5 Å². The van der Waals surface area contributed by atoms with Crippen molar-refractivity contribution in [1.82, 2.24) is 9.88 Å². The number of carboxylic acid groups (broad SMARTS) is 1. The largest absolute Gasteiger partial charge is 0.480 e. The number of aromatic nitrogens is 1. The minimum atomic E-state index is -0.998. The molecule has 0 radical (unpaired) electrons. The smallest absolute Gasteiger partial charge is 0.327 e. The number of aliphatic carboxylic acids is 1. The zero-order valence-corrected chi connectivity index (χ0v) is 13.6. The molecule has 0 spiro atoms. The van der Waals surface area contributed by atoms with Gasteiger partial charge in [-0.25, -0.2) is 9.78 Å². The number of hydrogen-bond acceptors (Lipinski definition) is 4. The Kier molecular flexibility index (Phi) is 5.35. The Morgan fingerprint density at radius 3 is 2.81 bits per heavy atom. The summed E-state index contributed by atoms with van der Waals surface area (Å²) in [5.41, 5.74) is 0.249. The Morgan fingerprint density at radius 2 is 2.24 bits per heavy atom. The predicted molar refractivity (Wildman–Crippen MR) is 83.0 cm³/mol. The van der Waals surface area contributed by atoms with Gasteiger partial charge in [0.05, 0.1) is 16.0 Å². The number of rotatable bonds is 4. The topological polar surface area (TPSA) is 70.5 Å². The van der Waals surface area contributed by atoms with Crippen molar-refractivity contribution in [2.45, 2.75) is 31.2 Å². The van der Waals surface area contributed by atoms with Crippen LogP contribution in [0.4, 0.5) is 0 Å². The van der Waals surface area contributed by atoms with Gasteiger partial charge in [0.1, 0.15) is 11.2 Å². The first-order valence-corrected chi connectivity index (χ1v) is 8.24. The van der Waals surface area contributed by atoms with Crippen LogP contribution >= 0.6 is 35.0 Å². The molecule has 2 rings (SSSR count). The summed E-state index contributed by atoms with van der Waals surface area (Å²) in [4.78, 5) is 29.2. The third-order valence-electron chi connectivity index (χ3n) is 3.19. The molecule has 21 heavy (non-hydrogen) atoms. The Hall–Kier alpha value is -0.980. The van der Waals surface area contributed by atoms with Crippen LogP contribution in [0.25, 0.3) is 0 Å². The highest BCUT2D eigenvalue weighted by Gasteiger charge is 2.41. The first kappa shape index (κ1) is 16.4. The van der Waals surface area contributed by atoms with Crippen LogP contribution in [0, 0.1) is 0 Å². The average Bonchev–Trinajstić information content (AvgIpc) is 2.85. The molecule has 1 fully saturated rings. The molecule has 0 saturated carbocycles. The second kappa shape index (κ2) is 6.85. The fourth-order valence-electron chi connectivity index (χ4n) is 2.18. The highest BCUT2D eigenvalue weighted by molar-refractivity contribution is 8.00. The van der Waals surface area contributed by atoms with E-state index in [1.807, 2.05) is 6.92 Å². The van der Waals surface area contributed by atoms with Gasteiger partial charge in [-0.2, -0.15) is 0 Å². The normalized spacial score (nSPS) is 21.6. The SMILES string of the molecule is CCCC1SCC(C(=O)O)N1C(=O)c1cnc(Cl)c(Cl)c1. The van der Waals surface area contributed by atoms with Crippen LogP contribution in [0.15, 0.2) is 12.3 Å². The van der Waals surface area contributed by atoms with Gasteiger partial charge in [-0.15, -0.1) is 11.8 Å². The summed E-state index contributed by atoms with van der Waals surface area (Å²) in [6.07, 6.45) is 2.93. The van der Waals surface area contributed by atoms with E-state index in [0.717, 1.165) is 12.8 Å². The summed E-state index contributed by atoms with van der Waals surface area (Å²) in [6, 6.07) is 0.595. The second-order valence-electron chi connectivity index (χ2n) is 4.64. The lowest BCUT2D eigenvalue weighted by molar-refractivity contribution is -0.141. The zero-order chi connectivity index (χ0) is 15.6. The molecule has 1 amide bonds. The van der Waals surface area contributed by atoms with Gasteiger partial charge in [0.25, 0.3) is 5.91 Å². The van der Waals surface area contributed by atoms with Crippen LogP contribution in [0.2, 0.25) is 10.2 Å². The van der Waals surface area contributed by atoms with E-state index in [4.69, 9.17) is 23.2 Å². The molecule has 0 aromatic carbocycles. The molecule has 1 N–H and O–H groups in total. The first-order valence-electron chi connectivity index (χ1n) is 6.43. The number of carbonyl (C=O) groups is 2. The van der Waals surface area contributed by atoms with Crippen LogP contribution in [-0.4, -0.2) is 44.0 Å². The maximum absolute atomic E-state index is 12.6. The Labute approximate surface area is 136 Å². The third kappa shape index (κ3) is 3.44. The van der Waals surface area contributed by atoms with Crippen molar-refractivity contribution in [1.29, 1.82) is 0 Å². The van der Waals surface area contributed by atoms with E-state index in [1.165, 1.54) is 28.9 Å². The average molecular weight is 349 g/mol. The van der Waals surface area contributed by atoms with Crippen LogP contribution in [0.3, 0.4) is 0 Å². The third-order valence-corrected chi connectivity index (χ3v) is 5.23. The van der Waals surface area contributed by atoms with Gasteiger partial charge in [0.15, 0.2) is 0 Å². The lowest BCUT2D eigenvalue weighted by Gasteiger charge is -2.27.